The highest BCUT2D eigenvalue weighted by molar-refractivity contribution is 5.93. The van der Waals surface area contributed by atoms with E-state index in [-0.39, 0.29) is 5.91 Å². The quantitative estimate of drug-likeness (QED) is 0.840. The third kappa shape index (κ3) is 3.40. The first kappa shape index (κ1) is 15.3. The number of aromatic nitrogens is 1. The molecule has 3 rings (SSSR count). The van der Waals surface area contributed by atoms with Crippen LogP contribution in [0.15, 0.2) is 18.3 Å². The van der Waals surface area contributed by atoms with Crippen LogP contribution in [-0.4, -0.2) is 55.2 Å². The van der Waals surface area contributed by atoms with Crippen molar-refractivity contribution in [2.75, 3.05) is 44.3 Å². The SMILES string of the molecule is CC1(C)CCN(C(=O)c2cc(N3CCOCC3)ccn2)CC1. The Labute approximate surface area is 132 Å². The number of carbonyl (C=O) groups is 1. The fourth-order valence-corrected chi connectivity index (χ4v) is 3.03. The minimum absolute atomic E-state index is 0.0607. The number of pyridine rings is 1. The molecule has 0 aliphatic carbocycles. The predicted molar refractivity (Wildman–Crippen MR) is 86.2 cm³/mol. The van der Waals surface area contributed by atoms with Crippen LogP contribution in [0.4, 0.5) is 5.69 Å². The fourth-order valence-electron chi connectivity index (χ4n) is 3.03. The topological polar surface area (TPSA) is 45.7 Å². The van der Waals surface area contributed by atoms with Gasteiger partial charge in [0.1, 0.15) is 5.69 Å². The van der Waals surface area contributed by atoms with Crippen LogP contribution in [0.5, 0.6) is 0 Å². The van der Waals surface area contributed by atoms with Crippen molar-refractivity contribution in [2.24, 2.45) is 5.41 Å². The molecule has 0 radical (unpaired) electrons. The van der Waals surface area contributed by atoms with Crippen molar-refractivity contribution in [3.63, 3.8) is 0 Å². The number of piperidine rings is 1. The van der Waals surface area contributed by atoms with Crippen LogP contribution in [0.25, 0.3) is 0 Å². The summed E-state index contributed by atoms with van der Waals surface area (Å²) in [4.78, 5) is 21.2. The van der Waals surface area contributed by atoms with E-state index in [1.807, 2.05) is 17.0 Å². The maximum Gasteiger partial charge on any atom is 0.272 e. The molecule has 0 bridgehead atoms. The average Bonchev–Trinajstić information content (AvgIpc) is 2.55. The Kier molecular flexibility index (Phi) is 4.34. The van der Waals surface area contributed by atoms with Crippen LogP contribution in [0.3, 0.4) is 0 Å². The van der Waals surface area contributed by atoms with E-state index < -0.39 is 0 Å². The van der Waals surface area contributed by atoms with E-state index in [0.717, 1.165) is 57.9 Å². The van der Waals surface area contributed by atoms with Crippen LogP contribution < -0.4 is 4.90 Å². The number of rotatable bonds is 2. The van der Waals surface area contributed by atoms with E-state index >= 15 is 0 Å². The van der Waals surface area contributed by atoms with Crippen LogP contribution in [-0.2, 0) is 4.74 Å². The number of hydrogen-bond acceptors (Lipinski definition) is 4. The zero-order chi connectivity index (χ0) is 15.6. The smallest absolute Gasteiger partial charge is 0.272 e. The fraction of sp³-hybridized carbons (Fsp3) is 0.647. The van der Waals surface area contributed by atoms with Gasteiger partial charge in [0, 0.05) is 38.1 Å². The second kappa shape index (κ2) is 6.24. The third-order valence-electron chi connectivity index (χ3n) is 4.74. The highest BCUT2D eigenvalue weighted by Crippen LogP contribution is 2.30. The molecule has 2 saturated heterocycles. The number of amides is 1. The molecule has 5 nitrogen and oxygen atoms in total. The van der Waals surface area contributed by atoms with Gasteiger partial charge in [-0.3, -0.25) is 9.78 Å². The number of nitrogens with zero attached hydrogens (tertiary/aromatic N) is 3. The Balaban J connectivity index is 1.70. The van der Waals surface area contributed by atoms with Gasteiger partial charge in [-0.15, -0.1) is 0 Å². The summed E-state index contributed by atoms with van der Waals surface area (Å²) in [7, 11) is 0. The first-order chi connectivity index (χ1) is 10.6. The van der Waals surface area contributed by atoms with Gasteiger partial charge >= 0.3 is 0 Å². The highest BCUT2D eigenvalue weighted by atomic mass is 16.5. The van der Waals surface area contributed by atoms with E-state index in [0.29, 0.717) is 11.1 Å². The Morgan fingerprint density at radius 3 is 2.55 bits per heavy atom. The molecular formula is C17H25N3O2. The molecule has 120 valence electrons. The Morgan fingerprint density at radius 2 is 1.86 bits per heavy atom. The summed E-state index contributed by atoms with van der Waals surface area (Å²) in [5.74, 6) is 0.0607. The molecular weight excluding hydrogens is 278 g/mol. The maximum atomic E-state index is 12.7. The second-order valence-electron chi connectivity index (χ2n) is 6.96. The van der Waals surface area contributed by atoms with Gasteiger partial charge in [0.25, 0.3) is 5.91 Å². The molecule has 0 spiro atoms. The minimum atomic E-state index is 0.0607. The summed E-state index contributed by atoms with van der Waals surface area (Å²) < 4.78 is 5.38. The number of carbonyl (C=O) groups excluding carboxylic acids is 1. The van der Waals surface area contributed by atoms with Gasteiger partial charge in [0.15, 0.2) is 0 Å². The Hall–Kier alpha value is -1.62. The summed E-state index contributed by atoms with van der Waals surface area (Å²) >= 11 is 0. The third-order valence-corrected chi connectivity index (χ3v) is 4.74. The van der Waals surface area contributed by atoms with Crippen molar-refractivity contribution < 1.29 is 9.53 Å². The minimum Gasteiger partial charge on any atom is -0.378 e. The van der Waals surface area contributed by atoms with E-state index in [1.54, 1.807) is 6.20 Å². The number of likely N-dealkylation sites (tertiary alicyclic amines) is 1. The molecule has 1 aromatic rings. The van der Waals surface area contributed by atoms with E-state index in [9.17, 15) is 4.79 Å². The first-order valence-electron chi connectivity index (χ1n) is 8.13. The maximum absolute atomic E-state index is 12.7. The lowest BCUT2D eigenvalue weighted by molar-refractivity contribution is 0.0624. The van der Waals surface area contributed by atoms with E-state index in [4.69, 9.17) is 4.74 Å². The number of hydrogen-bond donors (Lipinski definition) is 0. The summed E-state index contributed by atoms with van der Waals surface area (Å²) in [6, 6.07) is 3.90. The van der Waals surface area contributed by atoms with Crippen LogP contribution in [0.1, 0.15) is 37.2 Å². The van der Waals surface area contributed by atoms with Gasteiger partial charge in [-0.05, 0) is 30.4 Å². The largest absolute Gasteiger partial charge is 0.378 e. The molecule has 2 aliphatic rings. The molecule has 1 aromatic heterocycles. The zero-order valence-electron chi connectivity index (χ0n) is 13.5. The monoisotopic (exact) mass is 303 g/mol. The summed E-state index contributed by atoms with van der Waals surface area (Å²) in [6.45, 7) is 9.42. The molecule has 22 heavy (non-hydrogen) atoms. The van der Waals surface area contributed by atoms with Crippen LogP contribution in [0, 0.1) is 5.41 Å². The normalized spacial score (nSPS) is 21.7. The molecule has 1 amide bonds. The lowest BCUT2D eigenvalue weighted by Crippen LogP contribution is -2.41. The molecule has 0 aromatic carbocycles. The highest BCUT2D eigenvalue weighted by Gasteiger charge is 2.29. The van der Waals surface area contributed by atoms with Gasteiger partial charge in [-0.1, -0.05) is 13.8 Å². The standard InChI is InChI=1S/C17H25N3O2/c1-17(2)4-7-20(8-5-17)16(21)15-13-14(3-6-18-15)19-9-11-22-12-10-19/h3,6,13H,4-5,7-12H2,1-2H3. The van der Waals surface area contributed by atoms with Crippen LogP contribution >= 0.6 is 0 Å². The molecule has 0 N–H and O–H groups in total. The van der Waals surface area contributed by atoms with Crippen molar-refractivity contribution in [1.82, 2.24) is 9.88 Å². The van der Waals surface area contributed by atoms with Gasteiger partial charge in [0.05, 0.1) is 13.2 Å². The van der Waals surface area contributed by atoms with Crippen molar-refractivity contribution >= 4 is 11.6 Å². The summed E-state index contributed by atoms with van der Waals surface area (Å²) in [5.41, 5.74) is 1.97. The molecule has 0 saturated carbocycles. The van der Waals surface area contributed by atoms with Crippen molar-refractivity contribution in [1.29, 1.82) is 0 Å². The molecule has 3 heterocycles. The van der Waals surface area contributed by atoms with Crippen molar-refractivity contribution in [2.45, 2.75) is 26.7 Å². The van der Waals surface area contributed by atoms with E-state index in [2.05, 4.69) is 23.7 Å². The lowest BCUT2D eigenvalue weighted by Gasteiger charge is -2.36. The Morgan fingerprint density at radius 1 is 1.18 bits per heavy atom. The molecule has 0 atom stereocenters. The van der Waals surface area contributed by atoms with Gasteiger partial charge in [-0.2, -0.15) is 0 Å². The van der Waals surface area contributed by atoms with E-state index in [1.165, 1.54) is 0 Å². The predicted octanol–water partition coefficient (Wildman–Crippen LogP) is 2.18. The number of ether oxygens (including phenoxy) is 1. The van der Waals surface area contributed by atoms with Crippen LogP contribution in [0.2, 0.25) is 0 Å². The molecule has 2 fully saturated rings. The van der Waals surface area contributed by atoms with Gasteiger partial charge < -0.3 is 14.5 Å². The summed E-state index contributed by atoms with van der Waals surface area (Å²) in [5, 5.41) is 0. The lowest BCUT2D eigenvalue weighted by atomic mass is 9.82. The van der Waals surface area contributed by atoms with Crippen molar-refractivity contribution in [3.05, 3.63) is 24.0 Å². The van der Waals surface area contributed by atoms with Gasteiger partial charge in [-0.25, -0.2) is 0 Å². The second-order valence-corrected chi connectivity index (χ2v) is 6.96. The first-order valence-corrected chi connectivity index (χ1v) is 8.13. The Bertz CT molecular complexity index is 528. The van der Waals surface area contributed by atoms with Gasteiger partial charge in [0.2, 0.25) is 0 Å². The van der Waals surface area contributed by atoms with Crippen molar-refractivity contribution in [3.8, 4) is 0 Å². The molecule has 2 aliphatic heterocycles. The zero-order valence-corrected chi connectivity index (χ0v) is 13.5. The number of anilines is 1. The average molecular weight is 303 g/mol. The molecule has 0 unspecified atom stereocenters. The molecule has 5 heteroatoms. The number of morpholine rings is 1. The summed E-state index contributed by atoms with van der Waals surface area (Å²) in [6.07, 6.45) is 3.86.